The Morgan fingerprint density at radius 1 is 1.25 bits per heavy atom. The number of aryl methyl sites for hydroxylation is 1. The topological polar surface area (TPSA) is 64.6 Å². The highest BCUT2D eigenvalue weighted by molar-refractivity contribution is 7.89. The fourth-order valence-corrected chi connectivity index (χ4v) is 4.11. The average molecular weight is 347 g/mol. The fourth-order valence-electron chi connectivity index (χ4n) is 2.94. The van der Waals surface area contributed by atoms with Crippen molar-refractivity contribution in [3.05, 3.63) is 53.6 Å². The van der Waals surface area contributed by atoms with Crippen LogP contribution in [-0.4, -0.2) is 28.7 Å². The van der Waals surface area contributed by atoms with Crippen molar-refractivity contribution in [1.29, 1.82) is 0 Å². The molecule has 1 N–H and O–H groups in total. The monoisotopic (exact) mass is 347 g/mol. The molecule has 1 aliphatic heterocycles. The molecule has 2 aromatic carbocycles. The van der Waals surface area contributed by atoms with Crippen molar-refractivity contribution in [3.8, 4) is 11.5 Å². The summed E-state index contributed by atoms with van der Waals surface area (Å²) < 4.78 is 38.6. The summed E-state index contributed by atoms with van der Waals surface area (Å²) in [7, 11) is -1.99. The molecular weight excluding hydrogens is 326 g/mol. The lowest BCUT2D eigenvalue weighted by molar-refractivity contribution is 0.267. The summed E-state index contributed by atoms with van der Waals surface area (Å²) in [5, 5.41) is 0. The summed E-state index contributed by atoms with van der Waals surface area (Å²) in [6, 6.07) is 12.6. The Morgan fingerprint density at radius 2 is 2.04 bits per heavy atom. The molecule has 3 rings (SSSR count). The largest absolute Gasteiger partial charge is 0.496 e. The van der Waals surface area contributed by atoms with E-state index in [0.717, 1.165) is 23.3 Å². The second-order valence-electron chi connectivity index (χ2n) is 5.86. The zero-order valence-corrected chi connectivity index (χ0v) is 14.6. The summed E-state index contributed by atoms with van der Waals surface area (Å²) >= 11 is 0. The number of hydrogen-bond acceptors (Lipinski definition) is 4. The molecule has 24 heavy (non-hydrogen) atoms. The van der Waals surface area contributed by atoms with E-state index in [1.54, 1.807) is 25.3 Å². The van der Waals surface area contributed by atoms with E-state index in [4.69, 9.17) is 9.47 Å². The molecule has 1 unspecified atom stereocenters. The highest BCUT2D eigenvalue weighted by Gasteiger charge is 2.23. The van der Waals surface area contributed by atoms with Gasteiger partial charge in [0.25, 0.3) is 0 Å². The van der Waals surface area contributed by atoms with Gasteiger partial charge in [-0.05, 0) is 48.7 Å². The van der Waals surface area contributed by atoms with Crippen molar-refractivity contribution >= 4 is 10.0 Å². The standard InChI is InChI=1S/C18H21NO4S/c1-13-11-15(7-8-17(13)22-2)24(20,21)19-12-14-9-10-23-18-6-4-3-5-16(14)18/h3-8,11,14,19H,9-10,12H2,1-2H3. The lowest BCUT2D eigenvalue weighted by Crippen LogP contribution is -2.30. The predicted molar refractivity (Wildman–Crippen MR) is 92.2 cm³/mol. The van der Waals surface area contributed by atoms with Gasteiger partial charge in [-0.1, -0.05) is 18.2 Å². The van der Waals surface area contributed by atoms with Gasteiger partial charge in [-0.2, -0.15) is 0 Å². The third kappa shape index (κ3) is 3.39. The van der Waals surface area contributed by atoms with Crippen LogP contribution in [0.15, 0.2) is 47.4 Å². The molecule has 1 heterocycles. The van der Waals surface area contributed by atoms with Gasteiger partial charge >= 0.3 is 0 Å². The summed E-state index contributed by atoms with van der Waals surface area (Å²) in [6.07, 6.45) is 0.793. The number of para-hydroxylation sites is 1. The van der Waals surface area contributed by atoms with Crippen molar-refractivity contribution in [3.63, 3.8) is 0 Å². The van der Waals surface area contributed by atoms with Crippen LogP contribution in [0.25, 0.3) is 0 Å². The number of hydrogen-bond donors (Lipinski definition) is 1. The van der Waals surface area contributed by atoms with Crippen molar-refractivity contribution in [2.24, 2.45) is 0 Å². The van der Waals surface area contributed by atoms with E-state index in [2.05, 4.69) is 4.72 Å². The number of rotatable bonds is 5. The molecule has 0 amide bonds. The van der Waals surface area contributed by atoms with E-state index in [9.17, 15) is 8.42 Å². The first-order valence-electron chi connectivity index (χ1n) is 7.87. The highest BCUT2D eigenvalue weighted by atomic mass is 32.2. The zero-order chi connectivity index (χ0) is 17.2. The smallest absolute Gasteiger partial charge is 0.240 e. The highest BCUT2D eigenvalue weighted by Crippen LogP contribution is 2.33. The molecule has 0 bridgehead atoms. The van der Waals surface area contributed by atoms with Crippen molar-refractivity contribution in [1.82, 2.24) is 4.72 Å². The second kappa shape index (κ2) is 6.83. The van der Waals surface area contributed by atoms with Gasteiger partial charge in [-0.3, -0.25) is 0 Å². The minimum atomic E-state index is -3.56. The molecule has 128 valence electrons. The summed E-state index contributed by atoms with van der Waals surface area (Å²) in [6.45, 7) is 2.78. The van der Waals surface area contributed by atoms with E-state index in [0.29, 0.717) is 18.9 Å². The third-order valence-electron chi connectivity index (χ3n) is 4.28. The predicted octanol–water partition coefficient (Wildman–Crippen LogP) is 2.85. The van der Waals surface area contributed by atoms with Crippen LogP contribution >= 0.6 is 0 Å². The quantitative estimate of drug-likeness (QED) is 0.903. The molecule has 0 aromatic heterocycles. The minimum Gasteiger partial charge on any atom is -0.496 e. The van der Waals surface area contributed by atoms with Crippen LogP contribution in [0.5, 0.6) is 11.5 Å². The van der Waals surface area contributed by atoms with E-state index < -0.39 is 10.0 Å². The van der Waals surface area contributed by atoms with Gasteiger partial charge in [0.2, 0.25) is 10.0 Å². The minimum absolute atomic E-state index is 0.115. The van der Waals surface area contributed by atoms with Crippen LogP contribution in [0, 0.1) is 6.92 Å². The Balaban J connectivity index is 1.76. The Labute approximate surface area is 142 Å². The molecular formula is C18H21NO4S. The van der Waals surface area contributed by atoms with Crippen LogP contribution in [0.3, 0.4) is 0 Å². The summed E-state index contributed by atoms with van der Waals surface area (Å²) in [5.41, 5.74) is 1.84. The van der Waals surface area contributed by atoms with Crippen LogP contribution < -0.4 is 14.2 Å². The average Bonchev–Trinajstić information content (AvgIpc) is 2.60. The normalized spacial score (nSPS) is 17.0. The van der Waals surface area contributed by atoms with Crippen LogP contribution in [0.2, 0.25) is 0 Å². The van der Waals surface area contributed by atoms with Crippen LogP contribution in [0.4, 0.5) is 0 Å². The van der Waals surface area contributed by atoms with E-state index in [-0.39, 0.29) is 10.8 Å². The van der Waals surface area contributed by atoms with Gasteiger partial charge in [0.1, 0.15) is 11.5 Å². The van der Waals surface area contributed by atoms with E-state index in [1.807, 2.05) is 31.2 Å². The molecule has 0 aliphatic carbocycles. The van der Waals surface area contributed by atoms with Crippen molar-refractivity contribution in [2.75, 3.05) is 20.3 Å². The third-order valence-corrected chi connectivity index (χ3v) is 5.70. The number of sulfonamides is 1. The Kier molecular flexibility index (Phi) is 4.78. The SMILES string of the molecule is COc1ccc(S(=O)(=O)NCC2CCOc3ccccc32)cc1C. The maximum absolute atomic E-state index is 12.6. The molecule has 0 radical (unpaired) electrons. The van der Waals surface area contributed by atoms with Crippen molar-refractivity contribution in [2.45, 2.75) is 24.2 Å². The first kappa shape index (κ1) is 16.8. The van der Waals surface area contributed by atoms with Gasteiger partial charge in [0.05, 0.1) is 18.6 Å². The molecule has 0 saturated heterocycles. The van der Waals surface area contributed by atoms with Gasteiger partial charge < -0.3 is 9.47 Å². The van der Waals surface area contributed by atoms with Gasteiger partial charge in [0, 0.05) is 12.5 Å². The maximum atomic E-state index is 12.6. The first-order valence-corrected chi connectivity index (χ1v) is 9.35. The summed E-state index contributed by atoms with van der Waals surface area (Å²) in [4.78, 5) is 0.251. The van der Waals surface area contributed by atoms with E-state index in [1.165, 1.54) is 0 Å². The maximum Gasteiger partial charge on any atom is 0.240 e. The zero-order valence-electron chi connectivity index (χ0n) is 13.8. The molecule has 2 aromatic rings. The first-order chi connectivity index (χ1) is 11.5. The number of benzene rings is 2. The lowest BCUT2D eigenvalue weighted by atomic mass is 9.93. The molecule has 1 atom stereocenters. The lowest BCUT2D eigenvalue weighted by Gasteiger charge is -2.26. The van der Waals surface area contributed by atoms with Crippen molar-refractivity contribution < 1.29 is 17.9 Å². The van der Waals surface area contributed by atoms with Crippen LogP contribution in [-0.2, 0) is 10.0 Å². The second-order valence-corrected chi connectivity index (χ2v) is 7.62. The Morgan fingerprint density at radius 3 is 2.79 bits per heavy atom. The molecule has 5 nitrogen and oxygen atoms in total. The fraction of sp³-hybridized carbons (Fsp3) is 0.333. The number of ether oxygens (including phenoxy) is 2. The summed E-state index contributed by atoms with van der Waals surface area (Å²) in [5.74, 6) is 1.63. The Bertz CT molecular complexity index is 833. The van der Waals surface area contributed by atoms with E-state index >= 15 is 0 Å². The molecule has 1 aliphatic rings. The van der Waals surface area contributed by atoms with Crippen LogP contribution in [0.1, 0.15) is 23.5 Å². The molecule has 0 fully saturated rings. The van der Waals surface area contributed by atoms with Gasteiger partial charge in [-0.25, -0.2) is 13.1 Å². The number of fused-ring (bicyclic) bond motifs is 1. The molecule has 6 heteroatoms. The van der Waals surface area contributed by atoms with Gasteiger partial charge in [-0.15, -0.1) is 0 Å². The number of nitrogens with one attached hydrogen (secondary N) is 1. The Hall–Kier alpha value is -2.05. The molecule has 0 spiro atoms. The van der Waals surface area contributed by atoms with Gasteiger partial charge in [0.15, 0.2) is 0 Å². The molecule has 0 saturated carbocycles. The number of methoxy groups -OCH3 is 1.